The van der Waals surface area contributed by atoms with Gasteiger partial charge in [-0.2, -0.15) is 13.2 Å². The Bertz CT molecular complexity index is 724. The van der Waals surface area contributed by atoms with E-state index in [1.165, 1.54) is 6.20 Å². The number of fused-ring (bicyclic) bond motifs is 1. The summed E-state index contributed by atoms with van der Waals surface area (Å²) in [6.07, 6.45) is -6.35. The van der Waals surface area contributed by atoms with E-state index in [1.54, 1.807) is 10.1 Å². The van der Waals surface area contributed by atoms with Crippen LogP contribution in [-0.2, 0) is 10.0 Å². The second kappa shape index (κ2) is 5.15. The van der Waals surface area contributed by atoms with Crippen LogP contribution in [0.2, 0.25) is 5.15 Å². The summed E-state index contributed by atoms with van der Waals surface area (Å²) in [4.78, 5) is 4.04. The van der Waals surface area contributed by atoms with Gasteiger partial charge < -0.3 is 5.11 Å². The van der Waals surface area contributed by atoms with Crippen molar-refractivity contribution >= 4 is 37.9 Å². The summed E-state index contributed by atoms with van der Waals surface area (Å²) in [7, 11) is -4.33. The van der Waals surface area contributed by atoms with E-state index in [4.69, 9.17) is 16.7 Å². The molecule has 0 aliphatic carbocycles. The zero-order chi connectivity index (χ0) is 15.1. The number of imidazole rings is 1. The highest BCUT2D eigenvalue weighted by Crippen LogP contribution is 2.25. The van der Waals surface area contributed by atoms with Gasteiger partial charge >= 0.3 is 6.18 Å². The third kappa shape index (κ3) is 2.91. The van der Waals surface area contributed by atoms with E-state index in [0.717, 1.165) is 15.7 Å². The van der Waals surface area contributed by atoms with Gasteiger partial charge in [0.1, 0.15) is 0 Å². The summed E-state index contributed by atoms with van der Waals surface area (Å²) in [5, 5.41) is 9.50. The lowest BCUT2D eigenvalue weighted by atomic mass is 10.4. The molecule has 20 heavy (non-hydrogen) atoms. The molecular weight excluding hydrogens is 343 g/mol. The molecule has 1 atom stereocenters. The fourth-order valence-corrected chi connectivity index (χ4v) is 3.84. The first-order chi connectivity index (χ1) is 9.13. The van der Waals surface area contributed by atoms with E-state index in [0.29, 0.717) is 0 Å². The number of hydrogen-bond acceptors (Lipinski definition) is 5. The highest BCUT2D eigenvalue weighted by atomic mass is 35.5. The Morgan fingerprint density at radius 2 is 2.20 bits per heavy atom. The van der Waals surface area contributed by atoms with Gasteiger partial charge in [0, 0.05) is 18.1 Å². The molecule has 0 aromatic carbocycles. The summed E-state index contributed by atoms with van der Waals surface area (Å²) in [5.74, 6) is 0. The Morgan fingerprint density at radius 3 is 2.80 bits per heavy atom. The monoisotopic (exact) mass is 349 g/mol. The van der Waals surface area contributed by atoms with Crippen LogP contribution < -0.4 is 4.72 Å². The molecular formula is C8H7ClF3N3O3S2. The number of rotatable bonds is 4. The Balaban J connectivity index is 2.27. The number of thiazole rings is 1. The highest BCUT2D eigenvalue weighted by Gasteiger charge is 2.39. The molecule has 12 heteroatoms. The van der Waals surface area contributed by atoms with Gasteiger partial charge in [-0.1, -0.05) is 11.6 Å². The number of halogens is 4. The smallest absolute Gasteiger partial charge is 0.382 e. The van der Waals surface area contributed by atoms with Gasteiger partial charge in [0.2, 0.25) is 0 Å². The maximum Gasteiger partial charge on any atom is 0.415 e. The van der Waals surface area contributed by atoms with Crippen LogP contribution in [0.15, 0.2) is 16.6 Å². The normalized spacial score (nSPS) is 14.8. The van der Waals surface area contributed by atoms with Gasteiger partial charge in [-0.3, -0.25) is 4.40 Å². The Hall–Kier alpha value is -0.880. The molecule has 0 aliphatic heterocycles. The molecule has 2 aromatic rings. The number of aliphatic hydroxyl groups is 1. The molecule has 2 aromatic heterocycles. The highest BCUT2D eigenvalue weighted by molar-refractivity contribution is 7.89. The first kappa shape index (κ1) is 15.5. The van der Waals surface area contributed by atoms with Crippen molar-refractivity contribution in [3.63, 3.8) is 0 Å². The summed E-state index contributed by atoms with van der Waals surface area (Å²) < 4.78 is 63.0. The molecule has 0 fully saturated rings. The Labute approximate surface area is 119 Å². The third-order valence-corrected chi connectivity index (χ3v) is 4.86. The van der Waals surface area contributed by atoms with E-state index < -0.39 is 33.9 Å². The molecule has 2 heterocycles. The standard InChI is InChI=1S/C8H7ClF3N3O3S2/c9-5-6(15-1-2-19-7(15)14-5)20(17,18)13-3-4(16)8(10,11)12/h1-2,4,13,16H,3H2. The average molecular weight is 350 g/mol. The SMILES string of the molecule is O=S(=O)(NCC(O)C(F)(F)F)c1c(Cl)nc2sccn12. The molecule has 2 N–H and O–H groups in total. The first-order valence-corrected chi connectivity index (χ1v) is 7.72. The van der Waals surface area contributed by atoms with Crippen molar-refractivity contribution in [2.75, 3.05) is 6.54 Å². The fraction of sp³-hybridized carbons (Fsp3) is 0.375. The largest absolute Gasteiger partial charge is 0.415 e. The van der Waals surface area contributed by atoms with Crippen LogP contribution in [0.25, 0.3) is 4.96 Å². The van der Waals surface area contributed by atoms with Crippen LogP contribution in [0.3, 0.4) is 0 Å². The fourth-order valence-electron chi connectivity index (χ4n) is 1.35. The van der Waals surface area contributed by atoms with Crippen molar-refractivity contribution in [2.24, 2.45) is 0 Å². The van der Waals surface area contributed by atoms with Crippen LogP contribution in [-0.4, -0.2) is 41.7 Å². The lowest BCUT2D eigenvalue weighted by molar-refractivity contribution is -0.200. The van der Waals surface area contributed by atoms with Crippen molar-refractivity contribution in [2.45, 2.75) is 17.3 Å². The number of aromatic nitrogens is 2. The van der Waals surface area contributed by atoms with Crippen molar-refractivity contribution in [1.82, 2.24) is 14.1 Å². The number of aliphatic hydroxyl groups excluding tert-OH is 1. The predicted molar refractivity (Wildman–Crippen MR) is 65.3 cm³/mol. The summed E-state index contributed by atoms with van der Waals surface area (Å²) in [6, 6.07) is 0. The second-order valence-electron chi connectivity index (χ2n) is 3.67. The van der Waals surface area contributed by atoms with Gasteiger partial charge in [-0.15, -0.1) is 11.3 Å². The molecule has 0 amide bonds. The third-order valence-electron chi connectivity index (χ3n) is 2.28. The molecule has 2 rings (SSSR count). The van der Waals surface area contributed by atoms with Gasteiger partial charge in [0.15, 0.2) is 21.2 Å². The number of hydrogen-bond donors (Lipinski definition) is 2. The van der Waals surface area contributed by atoms with E-state index in [1.807, 2.05) is 0 Å². The number of nitrogens with zero attached hydrogens (tertiary/aromatic N) is 2. The molecule has 0 bridgehead atoms. The molecule has 0 aliphatic rings. The van der Waals surface area contributed by atoms with Gasteiger partial charge in [0.25, 0.3) is 10.0 Å². The maximum atomic E-state index is 12.1. The van der Waals surface area contributed by atoms with Gasteiger partial charge in [0.05, 0.1) is 0 Å². The van der Waals surface area contributed by atoms with Crippen molar-refractivity contribution in [1.29, 1.82) is 0 Å². The summed E-state index contributed by atoms with van der Waals surface area (Å²) in [5.41, 5.74) is 0. The van der Waals surface area contributed by atoms with Crippen LogP contribution in [0, 0.1) is 0 Å². The molecule has 0 radical (unpaired) electrons. The lowest BCUT2D eigenvalue weighted by Gasteiger charge is -2.14. The maximum absolute atomic E-state index is 12.1. The van der Waals surface area contributed by atoms with Crippen LogP contribution in [0.5, 0.6) is 0 Å². The minimum absolute atomic E-state index is 0.284. The molecule has 0 spiro atoms. The van der Waals surface area contributed by atoms with E-state index in [9.17, 15) is 21.6 Å². The van der Waals surface area contributed by atoms with E-state index in [-0.39, 0.29) is 10.1 Å². The molecule has 0 saturated carbocycles. The number of alkyl halides is 3. The first-order valence-electron chi connectivity index (χ1n) is 4.98. The second-order valence-corrected chi connectivity index (χ2v) is 6.59. The predicted octanol–water partition coefficient (Wildman–Crippen LogP) is 1.25. The van der Waals surface area contributed by atoms with E-state index in [2.05, 4.69) is 4.98 Å². The lowest BCUT2D eigenvalue weighted by Crippen LogP contribution is -2.40. The minimum atomic E-state index is -4.92. The molecule has 0 saturated heterocycles. The Morgan fingerprint density at radius 1 is 1.55 bits per heavy atom. The molecule has 1 unspecified atom stereocenters. The van der Waals surface area contributed by atoms with Crippen LogP contribution >= 0.6 is 22.9 Å². The average Bonchev–Trinajstić information content (AvgIpc) is 2.83. The van der Waals surface area contributed by atoms with E-state index >= 15 is 0 Å². The molecule has 6 nitrogen and oxygen atoms in total. The zero-order valence-electron chi connectivity index (χ0n) is 9.43. The Kier molecular flexibility index (Phi) is 3.99. The number of nitrogens with one attached hydrogen (secondary N) is 1. The van der Waals surface area contributed by atoms with Gasteiger partial charge in [-0.25, -0.2) is 18.1 Å². The van der Waals surface area contributed by atoms with Crippen molar-refractivity contribution < 1.29 is 26.7 Å². The van der Waals surface area contributed by atoms with Crippen molar-refractivity contribution in [3.8, 4) is 0 Å². The molecule has 112 valence electrons. The number of sulfonamides is 1. The van der Waals surface area contributed by atoms with Gasteiger partial charge in [-0.05, 0) is 0 Å². The quantitative estimate of drug-likeness (QED) is 0.870. The topological polar surface area (TPSA) is 83.7 Å². The summed E-state index contributed by atoms with van der Waals surface area (Å²) in [6.45, 7) is -1.21. The zero-order valence-corrected chi connectivity index (χ0v) is 11.8. The van der Waals surface area contributed by atoms with Crippen LogP contribution in [0.1, 0.15) is 0 Å². The summed E-state index contributed by atoms with van der Waals surface area (Å²) >= 11 is 6.78. The minimum Gasteiger partial charge on any atom is -0.382 e. The van der Waals surface area contributed by atoms with Crippen molar-refractivity contribution in [3.05, 3.63) is 16.7 Å². The van der Waals surface area contributed by atoms with Crippen LogP contribution in [0.4, 0.5) is 13.2 Å².